The van der Waals surface area contributed by atoms with Gasteiger partial charge in [-0.25, -0.2) is 0 Å². The normalized spacial score (nSPS) is 10.8. The van der Waals surface area contributed by atoms with Crippen molar-refractivity contribution in [3.05, 3.63) is 101 Å². The monoisotopic (exact) mass is 439 g/mol. The Morgan fingerprint density at radius 2 is 1.64 bits per heavy atom. The first-order valence-electron chi connectivity index (χ1n) is 11.2. The lowest BCUT2D eigenvalue weighted by Gasteiger charge is -2.16. The van der Waals surface area contributed by atoms with Crippen molar-refractivity contribution in [2.75, 3.05) is 11.9 Å². The molecule has 4 rings (SSSR count). The maximum atomic E-state index is 13.1. The summed E-state index contributed by atoms with van der Waals surface area (Å²) in [5.74, 6) is 1.40. The van der Waals surface area contributed by atoms with Crippen molar-refractivity contribution in [2.45, 2.75) is 34.3 Å². The van der Waals surface area contributed by atoms with E-state index in [0.717, 1.165) is 44.6 Å². The van der Waals surface area contributed by atoms with Crippen LogP contribution in [0.1, 0.15) is 39.5 Å². The molecule has 0 saturated carbocycles. The highest BCUT2D eigenvalue weighted by atomic mass is 16.5. The summed E-state index contributed by atoms with van der Waals surface area (Å²) in [5, 5.41) is 5.15. The summed E-state index contributed by atoms with van der Waals surface area (Å²) >= 11 is 0. The molecule has 0 aliphatic heterocycles. The minimum atomic E-state index is -0.168. The Labute approximate surface area is 195 Å². The van der Waals surface area contributed by atoms with Gasteiger partial charge in [0.25, 0.3) is 5.91 Å². The van der Waals surface area contributed by atoms with Gasteiger partial charge in [-0.3, -0.25) is 4.79 Å². The molecule has 1 N–H and O–H groups in total. The average Bonchev–Trinajstić information content (AvgIpc) is 2.81. The van der Waals surface area contributed by atoms with E-state index in [1.165, 1.54) is 5.56 Å². The zero-order chi connectivity index (χ0) is 23.4. The van der Waals surface area contributed by atoms with Gasteiger partial charge in [0.1, 0.15) is 18.1 Å². The van der Waals surface area contributed by atoms with Crippen LogP contribution < -0.4 is 14.8 Å². The van der Waals surface area contributed by atoms with E-state index in [0.29, 0.717) is 18.8 Å². The van der Waals surface area contributed by atoms with Gasteiger partial charge in [-0.1, -0.05) is 42.5 Å². The standard InChI is InChI=1S/C29H29NO3/c1-5-32-27-14-13-23(17-24(27)18-33-28-16-19(2)15-20(3)21(28)4)29(31)30-26-12-8-10-22-9-6-7-11-25(22)26/h6-17H,5,18H2,1-4H3,(H,30,31). The fourth-order valence-corrected chi connectivity index (χ4v) is 3.96. The van der Waals surface area contributed by atoms with Gasteiger partial charge in [0, 0.05) is 22.2 Å². The number of anilines is 1. The van der Waals surface area contributed by atoms with E-state index < -0.39 is 0 Å². The first kappa shape index (κ1) is 22.4. The highest BCUT2D eigenvalue weighted by Crippen LogP contribution is 2.28. The molecule has 0 bridgehead atoms. The summed E-state index contributed by atoms with van der Waals surface area (Å²) in [6.07, 6.45) is 0. The summed E-state index contributed by atoms with van der Waals surface area (Å²) in [6.45, 7) is 9.00. The van der Waals surface area contributed by atoms with Crippen molar-refractivity contribution < 1.29 is 14.3 Å². The van der Waals surface area contributed by atoms with Crippen molar-refractivity contribution in [1.82, 2.24) is 0 Å². The molecule has 33 heavy (non-hydrogen) atoms. The van der Waals surface area contributed by atoms with E-state index in [2.05, 4.69) is 32.2 Å². The van der Waals surface area contributed by atoms with Gasteiger partial charge in [0.05, 0.1) is 6.61 Å². The van der Waals surface area contributed by atoms with Crippen LogP contribution in [0, 0.1) is 20.8 Å². The molecule has 4 heteroatoms. The number of aryl methyl sites for hydroxylation is 2. The summed E-state index contributed by atoms with van der Waals surface area (Å²) in [4.78, 5) is 13.1. The van der Waals surface area contributed by atoms with Gasteiger partial charge in [0.2, 0.25) is 0 Å². The molecule has 0 aromatic heterocycles. The average molecular weight is 440 g/mol. The number of carbonyl (C=O) groups is 1. The third kappa shape index (κ3) is 5.01. The Kier molecular flexibility index (Phi) is 6.64. The third-order valence-corrected chi connectivity index (χ3v) is 5.81. The molecular formula is C29H29NO3. The highest BCUT2D eigenvalue weighted by Gasteiger charge is 2.14. The molecule has 0 heterocycles. The van der Waals surface area contributed by atoms with Crippen LogP contribution in [0.2, 0.25) is 0 Å². The van der Waals surface area contributed by atoms with Gasteiger partial charge in [-0.05, 0) is 80.1 Å². The number of hydrogen-bond donors (Lipinski definition) is 1. The molecule has 0 fully saturated rings. The number of hydrogen-bond acceptors (Lipinski definition) is 3. The van der Waals surface area contributed by atoms with Gasteiger partial charge >= 0.3 is 0 Å². The number of ether oxygens (including phenoxy) is 2. The van der Waals surface area contributed by atoms with E-state index in [1.54, 1.807) is 6.07 Å². The Bertz CT molecular complexity index is 1300. The van der Waals surface area contributed by atoms with Gasteiger partial charge in [-0.15, -0.1) is 0 Å². The second kappa shape index (κ2) is 9.78. The minimum absolute atomic E-state index is 0.168. The van der Waals surface area contributed by atoms with Crippen LogP contribution in [-0.2, 0) is 6.61 Å². The van der Waals surface area contributed by atoms with E-state index in [-0.39, 0.29) is 5.91 Å². The molecule has 0 unspecified atom stereocenters. The maximum absolute atomic E-state index is 13.1. The lowest BCUT2D eigenvalue weighted by molar-refractivity contribution is 0.102. The fraction of sp³-hybridized carbons (Fsp3) is 0.207. The Balaban J connectivity index is 1.59. The number of carbonyl (C=O) groups excluding carboxylic acids is 1. The summed E-state index contributed by atoms with van der Waals surface area (Å²) in [7, 11) is 0. The first-order valence-corrected chi connectivity index (χ1v) is 11.2. The molecule has 0 spiro atoms. The Morgan fingerprint density at radius 3 is 2.45 bits per heavy atom. The number of nitrogens with one attached hydrogen (secondary N) is 1. The lowest BCUT2D eigenvalue weighted by atomic mass is 10.1. The molecule has 0 radical (unpaired) electrons. The van der Waals surface area contributed by atoms with E-state index in [1.807, 2.05) is 67.6 Å². The van der Waals surface area contributed by atoms with Crippen LogP contribution in [0.3, 0.4) is 0 Å². The lowest BCUT2D eigenvalue weighted by Crippen LogP contribution is -2.13. The van der Waals surface area contributed by atoms with Crippen LogP contribution in [0.25, 0.3) is 10.8 Å². The quantitative estimate of drug-likeness (QED) is 0.337. The number of rotatable bonds is 7. The number of benzene rings is 4. The van der Waals surface area contributed by atoms with Gasteiger partial charge in [0.15, 0.2) is 0 Å². The SMILES string of the molecule is CCOc1ccc(C(=O)Nc2cccc3ccccc23)cc1COc1cc(C)cc(C)c1C. The molecule has 0 aliphatic rings. The fourth-order valence-electron chi connectivity index (χ4n) is 3.96. The van der Waals surface area contributed by atoms with Crippen LogP contribution >= 0.6 is 0 Å². The summed E-state index contributed by atoms with van der Waals surface area (Å²) in [5.41, 5.74) is 5.64. The molecular weight excluding hydrogens is 410 g/mol. The molecule has 4 aromatic rings. The van der Waals surface area contributed by atoms with Gasteiger partial charge < -0.3 is 14.8 Å². The van der Waals surface area contributed by atoms with Gasteiger partial charge in [-0.2, -0.15) is 0 Å². The molecule has 0 saturated heterocycles. The number of amides is 1. The molecule has 1 amide bonds. The maximum Gasteiger partial charge on any atom is 0.255 e. The molecule has 4 aromatic carbocycles. The predicted molar refractivity (Wildman–Crippen MR) is 134 cm³/mol. The third-order valence-electron chi connectivity index (χ3n) is 5.81. The zero-order valence-corrected chi connectivity index (χ0v) is 19.6. The Morgan fingerprint density at radius 1 is 0.848 bits per heavy atom. The second-order valence-electron chi connectivity index (χ2n) is 8.23. The minimum Gasteiger partial charge on any atom is -0.493 e. The van der Waals surface area contributed by atoms with Crippen LogP contribution in [0.5, 0.6) is 11.5 Å². The smallest absolute Gasteiger partial charge is 0.255 e. The van der Waals surface area contributed by atoms with Crippen molar-refractivity contribution in [2.24, 2.45) is 0 Å². The second-order valence-corrected chi connectivity index (χ2v) is 8.23. The van der Waals surface area contributed by atoms with Crippen LogP contribution in [-0.4, -0.2) is 12.5 Å². The first-order chi connectivity index (χ1) is 16.0. The Hall–Kier alpha value is -3.79. The van der Waals surface area contributed by atoms with Crippen molar-refractivity contribution in [3.8, 4) is 11.5 Å². The van der Waals surface area contributed by atoms with E-state index >= 15 is 0 Å². The van der Waals surface area contributed by atoms with Crippen LogP contribution in [0.15, 0.2) is 72.8 Å². The molecule has 0 atom stereocenters. The molecule has 4 nitrogen and oxygen atoms in total. The summed E-state index contributed by atoms with van der Waals surface area (Å²) < 4.78 is 12.0. The molecule has 168 valence electrons. The van der Waals surface area contributed by atoms with Crippen molar-refractivity contribution in [3.63, 3.8) is 0 Å². The highest BCUT2D eigenvalue weighted by molar-refractivity contribution is 6.09. The van der Waals surface area contributed by atoms with Crippen molar-refractivity contribution in [1.29, 1.82) is 0 Å². The van der Waals surface area contributed by atoms with E-state index in [9.17, 15) is 4.79 Å². The van der Waals surface area contributed by atoms with Crippen LogP contribution in [0.4, 0.5) is 5.69 Å². The topological polar surface area (TPSA) is 47.6 Å². The largest absolute Gasteiger partial charge is 0.493 e. The zero-order valence-electron chi connectivity index (χ0n) is 19.6. The van der Waals surface area contributed by atoms with E-state index in [4.69, 9.17) is 9.47 Å². The van der Waals surface area contributed by atoms with Crippen molar-refractivity contribution >= 4 is 22.4 Å². The number of fused-ring (bicyclic) bond motifs is 1. The predicted octanol–water partition coefficient (Wildman–Crippen LogP) is 7.00. The summed E-state index contributed by atoms with van der Waals surface area (Å²) in [6, 6.07) is 23.6. The molecule has 0 aliphatic carbocycles.